The summed E-state index contributed by atoms with van der Waals surface area (Å²) in [6.45, 7) is 0.476. The minimum Gasteiger partial charge on any atom is -0.339 e. The van der Waals surface area contributed by atoms with Crippen molar-refractivity contribution in [2.45, 2.75) is 25.3 Å². The molecular formula is C14H14ClFN2O2. The standard InChI is InChI=1S/C14H14ClFN2O2/c15-11-6-9(1-4-12(11)16)17-14(20)8-5-13(19)18(7-8)10-2-3-10/h1,4,6,8,10H,2-3,5,7H2,(H,17,20). The molecule has 4 nitrogen and oxygen atoms in total. The third-order valence-electron chi connectivity index (χ3n) is 3.70. The summed E-state index contributed by atoms with van der Waals surface area (Å²) in [5, 5.41) is 2.65. The van der Waals surface area contributed by atoms with Gasteiger partial charge in [-0.1, -0.05) is 11.6 Å². The lowest BCUT2D eigenvalue weighted by Crippen LogP contribution is -2.29. The number of anilines is 1. The van der Waals surface area contributed by atoms with E-state index in [2.05, 4.69) is 5.32 Å². The summed E-state index contributed by atoms with van der Waals surface area (Å²) >= 11 is 5.66. The zero-order chi connectivity index (χ0) is 14.3. The van der Waals surface area contributed by atoms with Gasteiger partial charge in [-0.2, -0.15) is 0 Å². The number of carbonyl (C=O) groups excluding carboxylic acids is 2. The predicted octanol–water partition coefficient (Wildman–Crippen LogP) is 2.43. The SMILES string of the molecule is O=C(Nc1ccc(F)c(Cl)c1)C1CC(=O)N(C2CC2)C1. The fourth-order valence-electron chi connectivity index (χ4n) is 2.46. The number of amides is 2. The zero-order valence-corrected chi connectivity index (χ0v) is 11.5. The van der Waals surface area contributed by atoms with Crippen LogP contribution in [0.1, 0.15) is 19.3 Å². The maximum Gasteiger partial charge on any atom is 0.229 e. The molecular weight excluding hydrogens is 283 g/mol. The lowest BCUT2D eigenvalue weighted by atomic mass is 10.1. The molecule has 2 fully saturated rings. The summed E-state index contributed by atoms with van der Waals surface area (Å²) in [6.07, 6.45) is 2.32. The topological polar surface area (TPSA) is 49.4 Å². The average Bonchev–Trinajstić information content (AvgIpc) is 3.17. The van der Waals surface area contributed by atoms with E-state index in [0.29, 0.717) is 18.3 Å². The highest BCUT2D eigenvalue weighted by Crippen LogP contribution is 2.33. The maximum atomic E-state index is 13.0. The van der Waals surface area contributed by atoms with E-state index < -0.39 is 5.82 Å². The first-order valence-electron chi connectivity index (χ1n) is 6.60. The Bertz CT molecular complexity index is 574. The Hall–Kier alpha value is -1.62. The third-order valence-corrected chi connectivity index (χ3v) is 3.99. The van der Waals surface area contributed by atoms with Gasteiger partial charge in [0.25, 0.3) is 0 Å². The van der Waals surface area contributed by atoms with Crippen molar-refractivity contribution in [1.82, 2.24) is 4.90 Å². The molecule has 3 rings (SSSR count). The molecule has 0 radical (unpaired) electrons. The Morgan fingerprint density at radius 1 is 1.40 bits per heavy atom. The fraction of sp³-hybridized carbons (Fsp3) is 0.429. The summed E-state index contributed by atoms with van der Waals surface area (Å²) < 4.78 is 13.0. The quantitative estimate of drug-likeness (QED) is 0.931. The van der Waals surface area contributed by atoms with Gasteiger partial charge in [0.05, 0.1) is 10.9 Å². The normalized spacial score (nSPS) is 22.2. The molecule has 1 atom stereocenters. The minimum atomic E-state index is -0.527. The molecule has 1 aliphatic carbocycles. The number of nitrogens with one attached hydrogen (secondary N) is 1. The lowest BCUT2D eigenvalue weighted by molar-refractivity contribution is -0.128. The van der Waals surface area contributed by atoms with Gasteiger partial charge in [0.15, 0.2) is 0 Å². The lowest BCUT2D eigenvalue weighted by Gasteiger charge is -2.15. The van der Waals surface area contributed by atoms with Crippen LogP contribution >= 0.6 is 11.6 Å². The van der Waals surface area contributed by atoms with Gasteiger partial charge in [0.1, 0.15) is 5.82 Å². The summed E-state index contributed by atoms with van der Waals surface area (Å²) in [7, 11) is 0. The van der Waals surface area contributed by atoms with Crippen LogP contribution in [0.15, 0.2) is 18.2 Å². The largest absolute Gasteiger partial charge is 0.339 e. The Morgan fingerprint density at radius 2 is 2.15 bits per heavy atom. The van der Waals surface area contributed by atoms with Crippen LogP contribution in [0.3, 0.4) is 0 Å². The van der Waals surface area contributed by atoms with E-state index in [4.69, 9.17) is 11.6 Å². The highest BCUT2D eigenvalue weighted by Gasteiger charge is 2.41. The molecule has 0 spiro atoms. The van der Waals surface area contributed by atoms with Gasteiger partial charge in [-0.15, -0.1) is 0 Å². The van der Waals surface area contributed by atoms with Gasteiger partial charge >= 0.3 is 0 Å². The van der Waals surface area contributed by atoms with E-state index >= 15 is 0 Å². The highest BCUT2D eigenvalue weighted by atomic mass is 35.5. The summed E-state index contributed by atoms with van der Waals surface area (Å²) in [6, 6.07) is 4.35. The van der Waals surface area contributed by atoms with E-state index in [1.807, 2.05) is 0 Å². The zero-order valence-electron chi connectivity index (χ0n) is 10.7. The summed E-state index contributed by atoms with van der Waals surface area (Å²) in [5.74, 6) is -1.04. The van der Waals surface area contributed by atoms with Crippen molar-refractivity contribution >= 4 is 29.1 Å². The number of nitrogens with zero attached hydrogens (tertiary/aromatic N) is 1. The van der Waals surface area contributed by atoms with Crippen LogP contribution in [0.25, 0.3) is 0 Å². The molecule has 1 heterocycles. The summed E-state index contributed by atoms with van der Waals surface area (Å²) in [4.78, 5) is 25.7. The molecule has 1 unspecified atom stereocenters. The second kappa shape index (κ2) is 5.05. The second-order valence-corrected chi connectivity index (χ2v) is 5.70. The number of hydrogen-bond donors (Lipinski definition) is 1. The number of rotatable bonds is 3. The first kappa shape index (κ1) is 13.4. The molecule has 2 aliphatic rings. The van der Waals surface area contributed by atoms with Crippen LogP contribution < -0.4 is 5.32 Å². The van der Waals surface area contributed by atoms with E-state index in [1.165, 1.54) is 18.2 Å². The van der Waals surface area contributed by atoms with E-state index in [-0.39, 0.29) is 29.2 Å². The molecule has 1 aromatic carbocycles. The van der Waals surface area contributed by atoms with Crippen LogP contribution in [-0.4, -0.2) is 29.3 Å². The van der Waals surface area contributed by atoms with Crippen molar-refractivity contribution in [3.8, 4) is 0 Å². The van der Waals surface area contributed by atoms with Gasteiger partial charge in [-0.25, -0.2) is 4.39 Å². The average molecular weight is 297 g/mol. The number of likely N-dealkylation sites (tertiary alicyclic amines) is 1. The maximum absolute atomic E-state index is 13.0. The third kappa shape index (κ3) is 2.63. The predicted molar refractivity (Wildman–Crippen MR) is 72.9 cm³/mol. The van der Waals surface area contributed by atoms with Crippen LogP contribution in [0.4, 0.5) is 10.1 Å². The van der Waals surface area contributed by atoms with Gasteiger partial charge in [0, 0.05) is 24.7 Å². The second-order valence-electron chi connectivity index (χ2n) is 5.30. The van der Waals surface area contributed by atoms with Crippen LogP contribution in [-0.2, 0) is 9.59 Å². The molecule has 0 aromatic heterocycles. The molecule has 2 amide bonds. The van der Waals surface area contributed by atoms with Crippen LogP contribution in [0.5, 0.6) is 0 Å². The van der Waals surface area contributed by atoms with Crippen molar-refractivity contribution in [2.75, 3.05) is 11.9 Å². The van der Waals surface area contributed by atoms with Crippen molar-refractivity contribution in [3.63, 3.8) is 0 Å². The van der Waals surface area contributed by atoms with Crippen molar-refractivity contribution in [1.29, 1.82) is 0 Å². The Kier molecular flexibility index (Phi) is 3.38. The number of halogens is 2. The van der Waals surface area contributed by atoms with Gasteiger partial charge < -0.3 is 10.2 Å². The molecule has 106 valence electrons. The van der Waals surface area contributed by atoms with Crippen LogP contribution in [0.2, 0.25) is 5.02 Å². The number of carbonyl (C=O) groups is 2. The molecule has 0 bridgehead atoms. The Morgan fingerprint density at radius 3 is 2.80 bits per heavy atom. The smallest absolute Gasteiger partial charge is 0.229 e. The molecule has 1 saturated heterocycles. The van der Waals surface area contributed by atoms with Gasteiger partial charge in [-0.05, 0) is 31.0 Å². The monoisotopic (exact) mass is 296 g/mol. The van der Waals surface area contributed by atoms with Crippen LogP contribution in [0, 0.1) is 11.7 Å². The van der Waals surface area contributed by atoms with Gasteiger partial charge in [0.2, 0.25) is 11.8 Å². The summed E-state index contributed by atoms with van der Waals surface area (Å²) in [5.41, 5.74) is 0.443. The Labute approximate surface area is 120 Å². The number of hydrogen-bond acceptors (Lipinski definition) is 2. The molecule has 1 N–H and O–H groups in total. The van der Waals surface area contributed by atoms with E-state index in [0.717, 1.165) is 12.8 Å². The molecule has 1 aliphatic heterocycles. The Balaban J connectivity index is 1.64. The fourth-order valence-corrected chi connectivity index (χ4v) is 2.65. The molecule has 6 heteroatoms. The van der Waals surface area contributed by atoms with Crippen molar-refractivity contribution in [3.05, 3.63) is 29.0 Å². The highest BCUT2D eigenvalue weighted by molar-refractivity contribution is 6.31. The van der Waals surface area contributed by atoms with Crippen molar-refractivity contribution < 1.29 is 14.0 Å². The first-order chi connectivity index (χ1) is 9.54. The molecule has 1 aromatic rings. The van der Waals surface area contributed by atoms with Crippen molar-refractivity contribution in [2.24, 2.45) is 5.92 Å². The molecule has 20 heavy (non-hydrogen) atoms. The minimum absolute atomic E-state index is 0.0371. The van der Waals surface area contributed by atoms with Gasteiger partial charge in [-0.3, -0.25) is 9.59 Å². The first-order valence-corrected chi connectivity index (χ1v) is 6.98. The number of benzene rings is 1. The molecule has 1 saturated carbocycles. The van der Waals surface area contributed by atoms with E-state index in [1.54, 1.807) is 4.90 Å². The van der Waals surface area contributed by atoms with E-state index in [9.17, 15) is 14.0 Å².